The third-order valence-electron chi connectivity index (χ3n) is 3.31. The molecule has 1 saturated carbocycles. The van der Waals surface area contributed by atoms with Crippen molar-refractivity contribution in [1.29, 1.82) is 5.26 Å². The zero-order chi connectivity index (χ0) is 12.9. The molecule has 1 rings (SSSR count). The summed E-state index contributed by atoms with van der Waals surface area (Å²) in [5, 5.41) is 12.2. The minimum atomic E-state index is -0.816. The SMILES string of the molecule is COCC(C)(C)NC(=O)C1(C#N)CCCCC1. The normalized spacial score (nSPS) is 19.4. The number of nitrogens with one attached hydrogen (secondary N) is 1. The maximum absolute atomic E-state index is 12.3. The first kappa shape index (κ1) is 14.0. The molecule has 17 heavy (non-hydrogen) atoms. The number of amides is 1. The average molecular weight is 238 g/mol. The quantitative estimate of drug-likeness (QED) is 0.814. The Hall–Kier alpha value is -1.08. The number of ether oxygens (including phenoxy) is 1. The maximum Gasteiger partial charge on any atom is 0.240 e. The molecule has 4 heteroatoms. The minimum Gasteiger partial charge on any atom is -0.382 e. The predicted molar refractivity (Wildman–Crippen MR) is 65.2 cm³/mol. The van der Waals surface area contributed by atoms with Gasteiger partial charge in [0.15, 0.2) is 0 Å². The number of hydrogen-bond donors (Lipinski definition) is 1. The molecule has 1 amide bonds. The molecule has 0 heterocycles. The molecule has 0 saturated heterocycles. The van der Waals surface area contributed by atoms with Gasteiger partial charge < -0.3 is 10.1 Å². The first-order valence-electron chi connectivity index (χ1n) is 6.19. The van der Waals surface area contributed by atoms with Gasteiger partial charge in [0.2, 0.25) is 5.91 Å². The summed E-state index contributed by atoms with van der Waals surface area (Å²) in [4.78, 5) is 12.3. The molecule has 0 unspecified atom stereocenters. The van der Waals surface area contributed by atoms with E-state index in [1.54, 1.807) is 7.11 Å². The fourth-order valence-corrected chi connectivity index (χ4v) is 2.37. The van der Waals surface area contributed by atoms with Crippen LogP contribution < -0.4 is 5.32 Å². The van der Waals surface area contributed by atoms with Crippen molar-refractivity contribution in [2.45, 2.75) is 51.5 Å². The maximum atomic E-state index is 12.3. The van der Waals surface area contributed by atoms with Crippen LogP contribution in [0, 0.1) is 16.7 Å². The molecule has 0 aromatic rings. The summed E-state index contributed by atoms with van der Waals surface area (Å²) in [7, 11) is 1.61. The van der Waals surface area contributed by atoms with Gasteiger partial charge in [0.05, 0.1) is 18.2 Å². The van der Waals surface area contributed by atoms with Crippen molar-refractivity contribution in [3.63, 3.8) is 0 Å². The number of rotatable bonds is 4. The predicted octanol–water partition coefficient (Wildman–Crippen LogP) is 2.00. The largest absolute Gasteiger partial charge is 0.382 e. The fourth-order valence-electron chi connectivity index (χ4n) is 2.37. The Morgan fingerprint density at radius 2 is 2.00 bits per heavy atom. The second-order valence-electron chi connectivity index (χ2n) is 5.53. The number of hydrogen-bond acceptors (Lipinski definition) is 3. The summed E-state index contributed by atoms with van der Waals surface area (Å²) in [6.07, 6.45) is 4.41. The van der Waals surface area contributed by atoms with Gasteiger partial charge in [-0.25, -0.2) is 0 Å². The third-order valence-corrected chi connectivity index (χ3v) is 3.31. The van der Waals surface area contributed by atoms with Gasteiger partial charge in [-0.1, -0.05) is 19.3 Å². The first-order chi connectivity index (χ1) is 7.96. The van der Waals surface area contributed by atoms with E-state index in [0.29, 0.717) is 19.4 Å². The summed E-state index contributed by atoms with van der Waals surface area (Å²) in [6, 6.07) is 2.23. The highest BCUT2D eigenvalue weighted by Crippen LogP contribution is 2.36. The first-order valence-corrected chi connectivity index (χ1v) is 6.19. The van der Waals surface area contributed by atoms with E-state index in [4.69, 9.17) is 4.74 Å². The molecule has 4 nitrogen and oxygen atoms in total. The molecule has 1 fully saturated rings. The lowest BCUT2D eigenvalue weighted by molar-refractivity contribution is -0.131. The van der Waals surface area contributed by atoms with E-state index in [1.807, 2.05) is 13.8 Å². The standard InChI is InChI=1S/C13H22N2O2/c1-12(2,10-17-3)15-11(16)13(9-14)7-5-4-6-8-13/h4-8,10H2,1-3H3,(H,15,16). The molecule has 0 aromatic heterocycles. The van der Waals surface area contributed by atoms with E-state index in [-0.39, 0.29) is 5.91 Å². The van der Waals surface area contributed by atoms with Crippen LogP contribution in [0.2, 0.25) is 0 Å². The lowest BCUT2D eigenvalue weighted by Gasteiger charge is -2.34. The Morgan fingerprint density at radius 3 is 2.47 bits per heavy atom. The Bertz CT molecular complexity index is 312. The lowest BCUT2D eigenvalue weighted by Crippen LogP contribution is -2.52. The summed E-state index contributed by atoms with van der Waals surface area (Å²) >= 11 is 0. The van der Waals surface area contributed by atoms with Crippen molar-refractivity contribution in [3.8, 4) is 6.07 Å². The van der Waals surface area contributed by atoms with E-state index in [1.165, 1.54) is 0 Å². The highest BCUT2D eigenvalue weighted by molar-refractivity contribution is 5.86. The highest BCUT2D eigenvalue weighted by Gasteiger charge is 2.41. The summed E-state index contributed by atoms with van der Waals surface area (Å²) in [6.45, 7) is 4.25. The molecule has 96 valence electrons. The third kappa shape index (κ3) is 3.44. The van der Waals surface area contributed by atoms with Crippen molar-refractivity contribution < 1.29 is 9.53 Å². The van der Waals surface area contributed by atoms with Gasteiger partial charge in [-0.2, -0.15) is 5.26 Å². The van der Waals surface area contributed by atoms with Gasteiger partial charge in [-0.15, -0.1) is 0 Å². The number of carbonyl (C=O) groups is 1. The molecule has 0 radical (unpaired) electrons. The van der Waals surface area contributed by atoms with Crippen LogP contribution >= 0.6 is 0 Å². The van der Waals surface area contributed by atoms with Crippen LogP contribution in [0.4, 0.5) is 0 Å². The Morgan fingerprint density at radius 1 is 1.41 bits per heavy atom. The molecule has 0 aliphatic heterocycles. The molecular weight excluding hydrogens is 216 g/mol. The van der Waals surface area contributed by atoms with Gasteiger partial charge in [0.25, 0.3) is 0 Å². The van der Waals surface area contributed by atoms with Crippen molar-refractivity contribution in [2.75, 3.05) is 13.7 Å². The van der Waals surface area contributed by atoms with Crippen molar-refractivity contribution in [3.05, 3.63) is 0 Å². The van der Waals surface area contributed by atoms with Crippen LogP contribution in [0.5, 0.6) is 0 Å². The molecule has 0 aromatic carbocycles. The number of nitrogens with zero attached hydrogens (tertiary/aromatic N) is 1. The van der Waals surface area contributed by atoms with Crippen LogP contribution in [0.25, 0.3) is 0 Å². The van der Waals surface area contributed by atoms with Crippen molar-refractivity contribution in [2.24, 2.45) is 5.41 Å². The molecule has 1 aliphatic rings. The number of carbonyl (C=O) groups excluding carboxylic acids is 1. The molecular formula is C13H22N2O2. The van der Waals surface area contributed by atoms with E-state index >= 15 is 0 Å². The Kier molecular flexibility index (Phi) is 4.53. The van der Waals surface area contributed by atoms with Gasteiger partial charge >= 0.3 is 0 Å². The van der Waals surface area contributed by atoms with E-state index in [2.05, 4.69) is 11.4 Å². The Labute approximate surface area is 103 Å². The van der Waals surface area contributed by atoms with Crippen LogP contribution in [0.1, 0.15) is 46.0 Å². The number of methoxy groups -OCH3 is 1. The van der Waals surface area contributed by atoms with E-state index in [9.17, 15) is 10.1 Å². The number of nitriles is 1. The van der Waals surface area contributed by atoms with Crippen LogP contribution in [0.15, 0.2) is 0 Å². The van der Waals surface area contributed by atoms with Crippen molar-refractivity contribution >= 4 is 5.91 Å². The average Bonchev–Trinajstić information content (AvgIpc) is 2.29. The Balaban J connectivity index is 2.70. The van der Waals surface area contributed by atoms with Crippen molar-refractivity contribution in [1.82, 2.24) is 5.32 Å². The molecule has 0 spiro atoms. The van der Waals surface area contributed by atoms with Crippen LogP contribution in [-0.4, -0.2) is 25.2 Å². The molecule has 1 N–H and O–H groups in total. The smallest absolute Gasteiger partial charge is 0.240 e. The molecule has 0 bridgehead atoms. The monoisotopic (exact) mass is 238 g/mol. The minimum absolute atomic E-state index is 0.137. The summed E-state index contributed by atoms with van der Waals surface area (Å²) < 4.78 is 5.06. The zero-order valence-corrected chi connectivity index (χ0v) is 11.0. The second-order valence-corrected chi connectivity index (χ2v) is 5.53. The second kappa shape index (κ2) is 5.50. The highest BCUT2D eigenvalue weighted by atomic mass is 16.5. The lowest BCUT2D eigenvalue weighted by atomic mass is 9.74. The van der Waals surface area contributed by atoms with E-state index < -0.39 is 11.0 Å². The van der Waals surface area contributed by atoms with Crippen LogP contribution in [-0.2, 0) is 9.53 Å². The zero-order valence-electron chi connectivity index (χ0n) is 11.0. The van der Waals surface area contributed by atoms with Gasteiger partial charge in [-0.05, 0) is 26.7 Å². The topological polar surface area (TPSA) is 62.1 Å². The fraction of sp³-hybridized carbons (Fsp3) is 0.846. The van der Waals surface area contributed by atoms with Crippen LogP contribution in [0.3, 0.4) is 0 Å². The summed E-state index contributed by atoms with van der Waals surface area (Å²) in [5.41, 5.74) is -1.24. The van der Waals surface area contributed by atoms with Gasteiger partial charge in [-0.3, -0.25) is 4.79 Å². The molecule has 1 aliphatic carbocycles. The molecule has 0 atom stereocenters. The van der Waals surface area contributed by atoms with Gasteiger partial charge in [0.1, 0.15) is 5.41 Å². The summed E-state index contributed by atoms with van der Waals surface area (Å²) in [5.74, 6) is -0.137. The van der Waals surface area contributed by atoms with E-state index in [0.717, 1.165) is 19.3 Å². The van der Waals surface area contributed by atoms with Gasteiger partial charge in [0, 0.05) is 7.11 Å².